The van der Waals surface area contributed by atoms with Crippen LogP contribution in [-0.4, -0.2) is 29.3 Å². The molecule has 0 aromatic heterocycles. The standard InChI is InChI=1S/C11H18F3NO2/c1-9(2)3-5-10(17,6-4-9)7-15-8(16)11(12,13)14/h17H,3-7H2,1-2H3,(H,15,16). The monoisotopic (exact) mass is 253 g/mol. The second kappa shape index (κ2) is 4.48. The molecule has 17 heavy (non-hydrogen) atoms. The largest absolute Gasteiger partial charge is 0.471 e. The van der Waals surface area contributed by atoms with Gasteiger partial charge in [-0.1, -0.05) is 13.8 Å². The first kappa shape index (κ1) is 14.3. The van der Waals surface area contributed by atoms with Crippen LogP contribution in [0.2, 0.25) is 0 Å². The number of nitrogens with one attached hydrogen (secondary N) is 1. The fraction of sp³-hybridized carbons (Fsp3) is 0.909. The molecule has 0 saturated heterocycles. The maximum absolute atomic E-state index is 12.0. The molecule has 1 rings (SSSR count). The average molecular weight is 253 g/mol. The molecule has 1 aliphatic carbocycles. The summed E-state index contributed by atoms with van der Waals surface area (Å²) in [4.78, 5) is 10.6. The third-order valence-electron chi connectivity index (χ3n) is 3.37. The van der Waals surface area contributed by atoms with Crippen molar-refractivity contribution in [3.63, 3.8) is 0 Å². The molecule has 0 aromatic rings. The minimum Gasteiger partial charge on any atom is -0.388 e. The molecule has 6 heteroatoms. The van der Waals surface area contributed by atoms with Crippen LogP contribution >= 0.6 is 0 Å². The first-order valence-electron chi connectivity index (χ1n) is 5.62. The first-order valence-corrected chi connectivity index (χ1v) is 5.62. The summed E-state index contributed by atoms with van der Waals surface area (Å²) in [5, 5.41) is 11.8. The van der Waals surface area contributed by atoms with E-state index in [2.05, 4.69) is 13.8 Å². The topological polar surface area (TPSA) is 49.3 Å². The zero-order chi connectivity index (χ0) is 13.3. The van der Waals surface area contributed by atoms with E-state index in [9.17, 15) is 23.1 Å². The predicted molar refractivity (Wildman–Crippen MR) is 56.3 cm³/mol. The summed E-state index contributed by atoms with van der Waals surface area (Å²) in [6.45, 7) is 3.78. The number of halogens is 3. The van der Waals surface area contributed by atoms with Crippen LogP contribution in [-0.2, 0) is 4.79 Å². The van der Waals surface area contributed by atoms with Crippen molar-refractivity contribution in [3.8, 4) is 0 Å². The number of amides is 1. The molecular formula is C11H18F3NO2. The van der Waals surface area contributed by atoms with Gasteiger partial charge in [-0.2, -0.15) is 13.2 Å². The van der Waals surface area contributed by atoms with Crippen molar-refractivity contribution in [2.24, 2.45) is 5.41 Å². The SMILES string of the molecule is CC1(C)CCC(O)(CNC(=O)C(F)(F)F)CC1. The van der Waals surface area contributed by atoms with E-state index in [1.165, 1.54) is 0 Å². The van der Waals surface area contributed by atoms with Crippen LogP contribution in [0.1, 0.15) is 39.5 Å². The lowest BCUT2D eigenvalue weighted by molar-refractivity contribution is -0.175. The molecule has 100 valence electrons. The van der Waals surface area contributed by atoms with Gasteiger partial charge in [0, 0.05) is 6.54 Å². The van der Waals surface area contributed by atoms with Gasteiger partial charge >= 0.3 is 12.1 Å². The Morgan fingerprint density at radius 2 is 1.71 bits per heavy atom. The van der Waals surface area contributed by atoms with Gasteiger partial charge in [0.1, 0.15) is 0 Å². The van der Waals surface area contributed by atoms with Crippen LogP contribution in [0.4, 0.5) is 13.2 Å². The highest BCUT2D eigenvalue weighted by Crippen LogP contribution is 2.39. The maximum Gasteiger partial charge on any atom is 0.471 e. The van der Waals surface area contributed by atoms with Crippen molar-refractivity contribution in [2.75, 3.05) is 6.54 Å². The lowest BCUT2D eigenvalue weighted by Crippen LogP contribution is -2.49. The zero-order valence-electron chi connectivity index (χ0n) is 10.0. The molecule has 0 aromatic carbocycles. The highest BCUT2D eigenvalue weighted by atomic mass is 19.4. The highest BCUT2D eigenvalue weighted by molar-refractivity contribution is 5.81. The van der Waals surface area contributed by atoms with Crippen LogP contribution in [0, 0.1) is 5.41 Å². The molecule has 1 amide bonds. The Bertz CT molecular complexity index is 290. The number of hydrogen-bond acceptors (Lipinski definition) is 2. The van der Waals surface area contributed by atoms with E-state index < -0.39 is 17.7 Å². The molecular weight excluding hydrogens is 235 g/mol. The number of rotatable bonds is 2. The Labute approximate surface area is 98.4 Å². The molecule has 0 heterocycles. The summed E-state index contributed by atoms with van der Waals surface area (Å²) in [6.07, 6.45) is -2.57. The Balaban J connectivity index is 2.45. The van der Waals surface area contributed by atoms with Gasteiger partial charge in [-0.3, -0.25) is 4.79 Å². The van der Waals surface area contributed by atoms with Crippen LogP contribution < -0.4 is 5.32 Å². The third-order valence-corrected chi connectivity index (χ3v) is 3.37. The highest BCUT2D eigenvalue weighted by Gasteiger charge is 2.41. The van der Waals surface area contributed by atoms with Gasteiger partial charge in [-0.05, 0) is 31.1 Å². The number of aliphatic hydroxyl groups is 1. The van der Waals surface area contributed by atoms with Gasteiger partial charge in [0.15, 0.2) is 0 Å². The van der Waals surface area contributed by atoms with Gasteiger partial charge in [-0.25, -0.2) is 0 Å². The van der Waals surface area contributed by atoms with Crippen molar-refractivity contribution in [1.29, 1.82) is 0 Å². The lowest BCUT2D eigenvalue weighted by Gasteiger charge is -2.40. The quantitative estimate of drug-likeness (QED) is 0.790. The minimum atomic E-state index is -4.88. The molecule has 0 radical (unpaired) electrons. The van der Waals surface area contributed by atoms with E-state index in [0.717, 1.165) is 12.8 Å². The predicted octanol–water partition coefficient (Wildman–Crippen LogP) is 2.00. The molecule has 0 bridgehead atoms. The number of hydrogen-bond donors (Lipinski definition) is 2. The van der Waals surface area contributed by atoms with E-state index >= 15 is 0 Å². The Kier molecular flexibility index (Phi) is 3.76. The number of carbonyl (C=O) groups excluding carboxylic acids is 1. The molecule has 1 saturated carbocycles. The van der Waals surface area contributed by atoms with Crippen LogP contribution in [0.3, 0.4) is 0 Å². The van der Waals surface area contributed by atoms with E-state index in [1.807, 2.05) is 0 Å². The van der Waals surface area contributed by atoms with E-state index in [4.69, 9.17) is 0 Å². The third kappa shape index (κ3) is 4.18. The molecule has 2 N–H and O–H groups in total. The van der Waals surface area contributed by atoms with Crippen LogP contribution in [0.25, 0.3) is 0 Å². The average Bonchev–Trinajstić information content (AvgIpc) is 2.19. The second-order valence-electron chi connectivity index (χ2n) is 5.57. The van der Waals surface area contributed by atoms with Crippen molar-refractivity contribution >= 4 is 5.91 Å². The molecule has 0 unspecified atom stereocenters. The Morgan fingerprint density at radius 3 is 2.12 bits per heavy atom. The molecule has 0 atom stereocenters. The van der Waals surface area contributed by atoms with Crippen molar-refractivity contribution in [1.82, 2.24) is 5.32 Å². The van der Waals surface area contributed by atoms with Gasteiger partial charge < -0.3 is 10.4 Å². The fourth-order valence-corrected chi connectivity index (χ4v) is 1.91. The van der Waals surface area contributed by atoms with Gasteiger partial charge in [0.25, 0.3) is 0 Å². The van der Waals surface area contributed by atoms with E-state index in [-0.39, 0.29) is 12.0 Å². The smallest absolute Gasteiger partial charge is 0.388 e. The van der Waals surface area contributed by atoms with Crippen LogP contribution in [0.5, 0.6) is 0 Å². The van der Waals surface area contributed by atoms with Gasteiger partial charge in [0.2, 0.25) is 0 Å². The maximum atomic E-state index is 12.0. The molecule has 3 nitrogen and oxygen atoms in total. The molecule has 1 fully saturated rings. The summed E-state index contributed by atoms with van der Waals surface area (Å²) in [6, 6.07) is 0. The molecule has 0 spiro atoms. The summed E-state index contributed by atoms with van der Waals surface area (Å²) in [7, 11) is 0. The van der Waals surface area contributed by atoms with Crippen LogP contribution in [0.15, 0.2) is 0 Å². The Morgan fingerprint density at radius 1 is 1.24 bits per heavy atom. The first-order chi connectivity index (χ1) is 7.54. The van der Waals surface area contributed by atoms with Crippen molar-refractivity contribution in [2.45, 2.75) is 51.3 Å². The summed E-state index contributed by atoms with van der Waals surface area (Å²) >= 11 is 0. The lowest BCUT2D eigenvalue weighted by atomic mass is 9.71. The fourth-order valence-electron chi connectivity index (χ4n) is 1.91. The van der Waals surface area contributed by atoms with E-state index in [0.29, 0.717) is 12.8 Å². The van der Waals surface area contributed by atoms with Gasteiger partial charge in [-0.15, -0.1) is 0 Å². The number of carbonyl (C=O) groups is 1. The summed E-state index contributed by atoms with van der Waals surface area (Å²) < 4.78 is 35.9. The van der Waals surface area contributed by atoms with Crippen molar-refractivity contribution in [3.05, 3.63) is 0 Å². The summed E-state index contributed by atoms with van der Waals surface area (Å²) in [5.74, 6) is -1.99. The molecule has 1 aliphatic rings. The van der Waals surface area contributed by atoms with Gasteiger partial charge in [0.05, 0.1) is 5.60 Å². The second-order valence-corrected chi connectivity index (χ2v) is 5.57. The van der Waals surface area contributed by atoms with Crippen molar-refractivity contribution < 1.29 is 23.1 Å². The zero-order valence-corrected chi connectivity index (χ0v) is 10.0. The normalized spacial score (nSPS) is 23.2. The van der Waals surface area contributed by atoms with E-state index in [1.54, 1.807) is 5.32 Å². The summed E-state index contributed by atoms with van der Waals surface area (Å²) in [5.41, 5.74) is -1.09. The molecule has 0 aliphatic heterocycles. The minimum absolute atomic E-state index is 0.111. The Hall–Kier alpha value is -0.780. The number of alkyl halides is 3.